The minimum atomic E-state index is -0.146. The van der Waals surface area contributed by atoms with Crippen LogP contribution in [0.1, 0.15) is 0 Å². The summed E-state index contributed by atoms with van der Waals surface area (Å²) < 4.78 is 0. The van der Waals surface area contributed by atoms with Crippen LogP contribution in [-0.2, 0) is 0 Å². The van der Waals surface area contributed by atoms with Crippen molar-refractivity contribution in [1.29, 1.82) is 0 Å². The molecule has 2 heteroatoms. The average molecular weight is 144 g/mol. The Morgan fingerprint density at radius 3 is 2.00 bits per heavy atom. The molecule has 0 saturated heterocycles. The number of hydrogen-bond donors (Lipinski definition) is 0. The summed E-state index contributed by atoms with van der Waals surface area (Å²) in [5.41, 5.74) is 0. The first-order valence-electron chi connectivity index (χ1n) is 2.90. The van der Waals surface area contributed by atoms with Gasteiger partial charge in [0.2, 0.25) is 0 Å². The molecule has 0 N–H and O–H groups in total. The third-order valence-electron chi connectivity index (χ3n) is 1.20. The molecule has 0 saturated carbocycles. The van der Waals surface area contributed by atoms with E-state index in [9.17, 15) is 0 Å². The molecule has 1 aromatic carbocycles. The Balaban J connectivity index is 0.000000810. The monoisotopic (exact) mass is 144 g/mol. The third-order valence-corrected chi connectivity index (χ3v) is 2.38. The van der Waals surface area contributed by atoms with Gasteiger partial charge in [-0.15, -0.1) is 0 Å². The van der Waals surface area contributed by atoms with Crippen molar-refractivity contribution in [3.8, 4) is 0 Å². The minimum absolute atomic E-state index is 0. The second kappa shape index (κ2) is 4.97. The summed E-state index contributed by atoms with van der Waals surface area (Å²) in [5.74, 6) is 0. The first kappa shape index (κ1) is 10.2. The van der Waals surface area contributed by atoms with Gasteiger partial charge in [-0.25, -0.2) is 7.92 Å². The van der Waals surface area contributed by atoms with E-state index in [1.807, 2.05) is 6.07 Å². The molecule has 0 radical (unpaired) electrons. The van der Waals surface area contributed by atoms with E-state index in [0.29, 0.717) is 0 Å². The topological polar surface area (TPSA) is 0 Å². The van der Waals surface area contributed by atoms with Crippen LogP contribution >= 0.6 is 7.92 Å². The fraction of sp³-hybridized carbons (Fsp3) is 0.125. The molecule has 1 rings (SSSR count). The van der Waals surface area contributed by atoms with E-state index in [2.05, 4.69) is 37.6 Å². The summed E-state index contributed by atoms with van der Waals surface area (Å²) in [6.07, 6.45) is 0. The van der Waals surface area contributed by atoms with E-state index in [1.54, 1.807) is 0 Å². The van der Waals surface area contributed by atoms with Crippen molar-refractivity contribution in [2.45, 2.75) is 0 Å². The first-order chi connectivity index (χ1) is 4.30. The maximum Gasteiger partial charge on any atom is 1.00 e. The van der Waals surface area contributed by atoms with Gasteiger partial charge in [-0.05, 0) is 0 Å². The van der Waals surface area contributed by atoms with E-state index in [4.69, 9.17) is 0 Å². The normalized spacial score (nSPS) is 11.8. The fourth-order valence-corrected chi connectivity index (χ4v) is 1.36. The standard InChI is InChI=1S/C8H10P.Li/c1-9(2)8-6-4-3-5-7-8;/h3-7H,1H2,2H3;/q-1;+1. The largest absolute Gasteiger partial charge is 1.00 e. The Kier molecular flexibility index (Phi) is 5.10. The van der Waals surface area contributed by atoms with E-state index < -0.39 is 0 Å². The van der Waals surface area contributed by atoms with Crippen LogP contribution < -0.4 is 24.2 Å². The van der Waals surface area contributed by atoms with Gasteiger partial charge in [0.1, 0.15) is 0 Å². The summed E-state index contributed by atoms with van der Waals surface area (Å²) in [5, 5.41) is 1.37. The van der Waals surface area contributed by atoms with Crippen molar-refractivity contribution in [2.75, 3.05) is 6.66 Å². The molecule has 0 aromatic heterocycles. The van der Waals surface area contributed by atoms with Crippen LogP contribution in [0.4, 0.5) is 0 Å². The summed E-state index contributed by atoms with van der Waals surface area (Å²) in [7, 11) is -0.146. The molecule has 0 bridgehead atoms. The number of benzene rings is 1. The molecule has 1 aromatic rings. The smallest absolute Gasteiger partial charge is 0.313 e. The van der Waals surface area contributed by atoms with Crippen LogP contribution in [0.5, 0.6) is 0 Å². The molecule has 1 atom stereocenters. The Morgan fingerprint density at radius 2 is 1.70 bits per heavy atom. The van der Waals surface area contributed by atoms with Gasteiger partial charge in [-0.3, -0.25) is 0 Å². The fourth-order valence-electron chi connectivity index (χ4n) is 0.682. The van der Waals surface area contributed by atoms with E-state index in [-0.39, 0.29) is 26.8 Å². The summed E-state index contributed by atoms with van der Waals surface area (Å²) in [6, 6.07) is 10.4. The second-order valence-electron chi connectivity index (χ2n) is 2.03. The van der Waals surface area contributed by atoms with Gasteiger partial charge < -0.3 is 6.66 Å². The molecule has 0 spiro atoms. The van der Waals surface area contributed by atoms with Crippen molar-refractivity contribution in [1.82, 2.24) is 0 Å². The molecular formula is C8H10LiP. The molecule has 48 valence electrons. The van der Waals surface area contributed by atoms with Gasteiger partial charge in [0.05, 0.1) is 0 Å². The molecule has 0 aliphatic carbocycles. The molecule has 0 aliphatic rings. The Morgan fingerprint density at radius 1 is 1.20 bits per heavy atom. The summed E-state index contributed by atoms with van der Waals surface area (Å²) in [4.78, 5) is 0. The predicted octanol–water partition coefficient (Wildman–Crippen LogP) is -0.781. The molecule has 0 amide bonds. The van der Waals surface area contributed by atoms with E-state index in [0.717, 1.165) is 0 Å². The molecular weight excluding hydrogens is 134 g/mol. The van der Waals surface area contributed by atoms with Crippen molar-refractivity contribution >= 4 is 13.2 Å². The number of hydrogen-bond acceptors (Lipinski definition) is 0. The molecule has 0 aliphatic heterocycles. The Hall–Kier alpha value is 0.247. The van der Waals surface area contributed by atoms with Crippen LogP contribution in [0.25, 0.3) is 0 Å². The quantitative estimate of drug-likeness (QED) is 0.275. The van der Waals surface area contributed by atoms with Crippen molar-refractivity contribution < 1.29 is 18.9 Å². The van der Waals surface area contributed by atoms with Crippen molar-refractivity contribution in [3.05, 3.63) is 37.0 Å². The molecule has 10 heavy (non-hydrogen) atoms. The van der Waals surface area contributed by atoms with Crippen molar-refractivity contribution in [3.63, 3.8) is 0 Å². The molecule has 1 unspecified atom stereocenters. The van der Waals surface area contributed by atoms with Gasteiger partial charge in [0.25, 0.3) is 0 Å². The summed E-state index contributed by atoms with van der Waals surface area (Å²) in [6.45, 7) is 6.13. The maximum absolute atomic E-state index is 3.97. The second-order valence-corrected chi connectivity index (χ2v) is 3.95. The zero-order valence-electron chi connectivity index (χ0n) is 6.54. The molecule has 0 heterocycles. The first-order valence-corrected chi connectivity index (χ1v) is 4.87. The SMILES string of the molecule is [CH2-]P(C)c1ccccc1.[Li+]. The third kappa shape index (κ3) is 2.89. The van der Waals surface area contributed by atoms with Gasteiger partial charge >= 0.3 is 18.9 Å². The van der Waals surface area contributed by atoms with Gasteiger partial charge in [0, 0.05) is 0 Å². The zero-order chi connectivity index (χ0) is 6.69. The van der Waals surface area contributed by atoms with E-state index in [1.165, 1.54) is 5.30 Å². The number of rotatable bonds is 1. The average Bonchev–Trinajstić information content (AvgIpc) is 1.90. The Labute approximate surface area is 76.0 Å². The van der Waals surface area contributed by atoms with Gasteiger partial charge in [0.15, 0.2) is 0 Å². The predicted molar refractivity (Wildman–Crippen MR) is 44.3 cm³/mol. The Bertz CT molecular complexity index is 172. The van der Waals surface area contributed by atoms with Crippen LogP contribution in [0, 0.1) is 6.66 Å². The van der Waals surface area contributed by atoms with Gasteiger partial charge in [-0.2, -0.15) is 0 Å². The molecule has 0 fully saturated rings. The van der Waals surface area contributed by atoms with Crippen molar-refractivity contribution in [2.24, 2.45) is 0 Å². The van der Waals surface area contributed by atoms with Crippen LogP contribution in [0.2, 0.25) is 0 Å². The van der Waals surface area contributed by atoms with Crippen LogP contribution in [0.15, 0.2) is 30.3 Å². The van der Waals surface area contributed by atoms with E-state index >= 15 is 0 Å². The van der Waals surface area contributed by atoms with Gasteiger partial charge in [-0.1, -0.05) is 42.3 Å². The molecule has 0 nitrogen and oxygen atoms in total. The summed E-state index contributed by atoms with van der Waals surface area (Å²) >= 11 is 0. The maximum atomic E-state index is 3.97. The minimum Gasteiger partial charge on any atom is -0.313 e. The van der Waals surface area contributed by atoms with Crippen LogP contribution in [0.3, 0.4) is 0 Å². The zero-order valence-corrected chi connectivity index (χ0v) is 7.44. The van der Waals surface area contributed by atoms with Crippen LogP contribution in [-0.4, -0.2) is 6.66 Å².